The molecule has 2 aliphatic rings. The van der Waals surface area contributed by atoms with E-state index in [-0.39, 0.29) is 24.7 Å². The molecular weight excluding hydrogens is 225 g/mol. The monoisotopic (exact) mass is 243 g/mol. The smallest absolute Gasteiger partial charge is 0.308 e. The molecule has 5 heteroatoms. The SMILES string of the molecule is O=CC1CC2CCC(C1C(=O)O)N2CCCF. The van der Waals surface area contributed by atoms with Gasteiger partial charge in [0.1, 0.15) is 6.29 Å². The van der Waals surface area contributed by atoms with Crippen molar-refractivity contribution in [1.29, 1.82) is 0 Å². The second-order valence-electron chi connectivity index (χ2n) is 4.98. The highest BCUT2D eigenvalue weighted by Gasteiger charge is 2.49. The molecule has 2 saturated heterocycles. The fourth-order valence-corrected chi connectivity index (χ4v) is 3.43. The molecule has 0 aromatic rings. The van der Waals surface area contributed by atoms with Crippen molar-refractivity contribution in [2.24, 2.45) is 11.8 Å². The van der Waals surface area contributed by atoms with Crippen LogP contribution < -0.4 is 0 Å². The Kier molecular flexibility index (Phi) is 3.76. The molecule has 0 spiro atoms. The molecule has 2 fully saturated rings. The Hall–Kier alpha value is -0.970. The van der Waals surface area contributed by atoms with Gasteiger partial charge in [0, 0.05) is 24.5 Å². The van der Waals surface area contributed by atoms with Crippen molar-refractivity contribution in [2.45, 2.75) is 37.8 Å². The van der Waals surface area contributed by atoms with E-state index in [1.165, 1.54) is 0 Å². The quantitative estimate of drug-likeness (QED) is 0.735. The largest absolute Gasteiger partial charge is 0.481 e. The van der Waals surface area contributed by atoms with Crippen LogP contribution in [0, 0.1) is 11.8 Å². The van der Waals surface area contributed by atoms with Gasteiger partial charge in [-0.05, 0) is 25.7 Å². The summed E-state index contributed by atoms with van der Waals surface area (Å²) in [4.78, 5) is 24.4. The van der Waals surface area contributed by atoms with E-state index in [2.05, 4.69) is 4.90 Å². The van der Waals surface area contributed by atoms with Crippen molar-refractivity contribution in [3.63, 3.8) is 0 Å². The number of aldehydes is 1. The minimum Gasteiger partial charge on any atom is -0.481 e. The lowest BCUT2D eigenvalue weighted by Crippen LogP contribution is -2.52. The number of fused-ring (bicyclic) bond motifs is 2. The van der Waals surface area contributed by atoms with Crippen LogP contribution in [0.1, 0.15) is 25.7 Å². The number of hydrogen-bond acceptors (Lipinski definition) is 3. The lowest BCUT2D eigenvalue weighted by Gasteiger charge is -2.41. The summed E-state index contributed by atoms with van der Waals surface area (Å²) in [6, 6.07) is 0.199. The summed E-state index contributed by atoms with van der Waals surface area (Å²) >= 11 is 0. The van der Waals surface area contributed by atoms with Crippen molar-refractivity contribution < 1.29 is 19.1 Å². The van der Waals surface area contributed by atoms with Crippen LogP contribution in [0.3, 0.4) is 0 Å². The number of carbonyl (C=O) groups is 2. The molecular formula is C12H18FNO3. The Bertz CT molecular complexity index is 310. The number of rotatable bonds is 5. The summed E-state index contributed by atoms with van der Waals surface area (Å²) in [6.07, 6.45) is 3.61. The summed E-state index contributed by atoms with van der Waals surface area (Å²) in [5.41, 5.74) is 0. The Balaban J connectivity index is 2.14. The number of hydrogen-bond donors (Lipinski definition) is 1. The molecule has 0 aromatic heterocycles. The van der Waals surface area contributed by atoms with Gasteiger partial charge >= 0.3 is 5.97 Å². The van der Waals surface area contributed by atoms with E-state index in [1.807, 2.05) is 0 Å². The van der Waals surface area contributed by atoms with Crippen molar-refractivity contribution in [3.8, 4) is 0 Å². The van der Waals surface area contributed by atoms with Crippen molar-refractivity contribution in [2.75, 3.05) is 13.2 Å². The van der Waals surface area contributed by atoms with Crippen LogP contribution in [0.25, 0.3) is 0 Å². The van der Waals surface area contributed by atoms with Gasteiger partial charge in [-0.2, -0.15) is 0 Å². The average Bonchev–Trinajstić information content (AvgIpc) is 2.58. The molecule has 2 aliphatic heterocycles. The summed E-state index contributed by atoms with van der Waals surface area (Å²) < 4.78 is 12.2. The third-order valence-electron chi connectivity index (χ3n) is 4.12. The first-order valence-corrected chi connectivity index (χ1v) is 6.18. The Morgan fingerprint density at radius 2 is 2.24 bits per heavy atom. The van der Waals surface area contributed by atoms with Gasteiger partial charge in [0.25, 0.3) is 0 Å². The first kappa shape index (κ1) is 12.5. The van der Waals surface area contributed by atoms with E-state index < -0.39 is 11.9 Å². The maximum Gasteiger partial charge on any atom is 0.308 e. The van der Waals surface area contributed by atoms with Gasteiger partial charge in [-0.1, -0.05) is 0 Å². The van der Waals surface area contributed by atoms with Crippen LogP contribution in [-0.2, 0) is 9.59 Å². The number of alkyl halides is 1. The zero-order chi connectivity index (χ0) is 12.4. The molecule has 2 heterocycles. The van der Waals surface area contributed by atoms with Gasteiger partial charge in [-0.3, -0.25) is 14.1 Å². The Morgan fingerprint density at radius 3 is 2.82 bits per heavy atom. The minimum absolute atomic E-state index is 0.0759. The molecule has 2 rings (SSSR count). The summed E-state index contributed by atoms with van der Waals surface area (Å²) in [5.74, 6) is -1.87. The summed E-state index contributed by atoms with van der Waals surface area (Å²) in [6.45, 7) is 0.242. The molecule has 0 aliphatic carbocycles. The number of halogens is 1. The third kappa shape index (κ3) is 2.20. The molecule has 0 saturated carbocycles. The molecule has 2 bridgehead atoms. The summed E-state index contributed by atoms with van der Waals surface area (Å²) in [7, 11) is 0. The number of nitrogens with zero attached hydrogens (tertiary/aromatic N) is 1. The molecule has 4 atom stereocenters. The second kappa shape index (κ2) is 5.12. The molecule has 0 radical (unpaired) electrons. The van der Waals surface area contributed by atoms with Gasteiger partial charge in [0.2, 0.25) is 0 Å². The highest BCUT2D eigenvalue weighted by atomic mass is 19.1. The number of piperidine rings is 1. The van der Waals surface area contributed by atoms with E-state index in [1.54, 1.807) is 0 Å². The van der Waals surface area contributed by atoms with Gasteiger partial charge in [-0.25, -0.2) is 0 Å². The zero-order valence-electron chi connectivity index (χ0n) is 9.72. The molecule has 0 amide bonds. The fourth-order valence-electron chi connectivity index (χ4n) is 3.43. The van der Waals surface area contributed by atoms with Gasteiger partial charge in [0.05, 0.1) is 12.6 Å². The second-order valence-corrected chi connectivity index (χ2v) is 4.98. The predicted molar refractivity (Wildman–Crippen MR) is 59.4 cm³/mol. The van der Waals surface area contributed by atoms with Crippen molar-refractivity contribution in [1.82, 2.24) is 4.90 Å². The molecule has 17 heavy (non-hydrogen) atoms. The first-order valence-electron chi connectivity index (χ1n) is 6.18. The van der Waals surface area contributed by atoms with Crippen LogP contribution in [0.5, 0.6) is 0 Å². The van der Waals surface area contributed by atoms with E-state index in [9.17, 15) is 19.1 Å². The van der Waals surface area contributed by atoms with Crippen LogP contribution in [0.4, 0.5) is 4.39 Å². The third-order valence-corrected chi connectivity index (χ3v) is 4.12. The van der Waals surface area contributed by atoms with Crippen LogP contribution in [0.2, 0.25) is 0 Å². The topological polar surface area (TPSA) is 57.6 Å². The highest BCUT2D eigenvalue weighted by molar-refractivity contribution is 5.76. The normalized spacial score (nSPS) is 37.0. The molecule has 4 unspecified atom stereocenters. The van der Waals surface area contributed by atoms with Gasteiger partial charge in [-0.15, -0.1) is 0 Å². The maximum absolute atomic E-state index is 12.2. The maximum atomic E-state index is 12.2. The highest BCUT2D eigenvalue weighted by Crippen LogP contribution is 2.41. The van der Waals surface area contributed by atoms with Crippen molar-refractivity contribution in [3.05, 3.63) is 0 Å². The molecule has 96 valence electrons. The standard InChI is InChI=1S/C12H18FNO3/c13-4-1-5-14-9-2-3-10(14)11(12(16)17)8(6-9)7-15/h7-11H,1-6H2,(H,16,17). The van der Waals surface area contributed by atoms with E-state index >= 15 is 0 Å². The van der Waals surface area contributed by atoms with Gasteiger partial charge < -0.3 is 9.90 Å². The number of carbonyl (C=O) groups excluding carboxylic acids is 1. The average molecular weight is 243 g/mol. The summed E-state index contributed by atoms with van der Waals surface area (Å²) in [5, 5.41) is 9.24. The fraction of sp³-hybridized carbons (Fsp3) is 0.833. The number of aliphatic carboxylic acids is 1. The molecule has 1 N–H and O–H groups in total. The van der Waals surface area contributed by atoms with E-state index in [0.717, 1.165) is 19.1 Å². The zero-order valence-corrected chi connectivity index (χ0v) is 9.72. The minimum atomic E-state index is -0.891. The van der Waals surface area contributed by atoms with Crippen LogP contribution in [0.15, 0.2) is 0 Å². The van der Waals surface area contributed by atoms with E-state index in [0.29, 0.717) is 19.4 Å². The lowest BCUT2D eigenvalue weighted by atomic mass is 9.81. The number of carboxylic acid groups (broad SMARTS) is 1. The van der Waals surface area contributed by atoms with Gasteiger partial charge in [0.15, 0.2) is 0 Å². The molecule has 0 aromatic carbocycles. The molecule has 4 nitrogen and oxygen atoms in total. The van der Waals surface area contributed by atoms with Crippen LogP contribution in [-0.4, -0.2) is 47.6 Å². The van der Waals surface area contributed by atoms with Crippen LogP contribution >= 0.6 is 0 Å². The predicted octanol–water partition coefficient (Wildman–Crippen LogP) is 1.10. The van der Waals surface area contributed by atoms with E-state index in [4.69, 9.17) is 0 Å². The number of carboxylic acids is 1. The Morgan fingerprint density at radius 1 is 1.47 bits per heavy atom. The first-order chi connectivity index (χ1) is 8.19. The van der Waals surface area contributed by atoms with Crippen molar-refractivity contribution >= 4 is 12.3 Å². The lowest BCUT2D eigenvalue weighted by molar-refractivity contribution is -0.150. The Labute approximate surface area is 99.8 Å².